The molecular weight excluding hydrogens is 1470 g/mol. The molecule has 17 unspecified atom stereocenters. The number of carbonyl (C=O) groups excluding carboxylic acids is 1. The number of ether oxygens (including phenoxy) is 6. The van der Waals surface area contributed by atoms with Gasteiger partial charge in [-0.1, -0.05) is 408 Å². The van der Waals surface area contributed by atoms with Crippen LogP contribution in [0, 0.1) is 0 Å². The Morgan fingerprint density at radius 3 is 0.931 bits per heavy atom. The molecule has 0 bridgehead atoms. The summed E-state index contributed by atoms with van der Waals surface area (Å²) in [7, 11) is 0. The predicted octanol–water partition coefficient (Wildman–Crippen LogP) is 19.5. The fraction of sp³-hybridized carbons (Fsp3) is 0.866. The van der Waals surface area contributed by atoms with E-state index in [1.54, 1.807) is 6.08 Å². The summed E-state index contributed by atoms with van der Waals surface area (Å²) in [5, 5.41) is 121. The SMILES string of the molecule is CC/C=C\C/C=C\C/C=C\C/C=C\C/C=C\CCCCCCCCCCCCCCCCCCCCCCCCCC(=O)NC(COC1OC(CO)C(OC2OC(CO)C(OC3OC(CO)C(O)C(O)C3O)C(O)C2O)C(O)C1O)C(O)/C=C/CCCCCCCCCCCCCCCCCCCCCCCCCCCCCCCC. The van der Waals surface area contributed by atoms with Gasteiger partial charge >= 0.3 is 0 Å². The fourth-order valence-electron chi connectivity index (χ4n) is 16.2. The maximum atomic E-state index is 13.5. The van der Waals surface area contributed by atoms with Crippen LogP contribution in [0.1, 0.15) is 406 Å². The van der Waals surface area contributed by atoms with E-state index in [4.69, 9.17) is 28.4 Å². The highest BCUT2D eigenvalue weighted by Gasteiger charge is 2.54. The van der Waals surface area contributed by atoms with Gasteiger partial charge in [0, 0.05) is 6.42 Å². The Hall–Kier alpha value is -2.77. The van der Waals surface area contributed by atoms with Crippen molar-refractivity contribution >= 4 is 5.91 Å². The number of aliphatic hydroxyl groups excluding tert-OH is 11. The van der Waals surface area contributed by atoms with Gasteiger partial charge in [-0.2, -0.15) is 0 Å². The van der Waals surface area contributed by atoms with E-state index in [1.807, 2.05) is 6.08 Å². The van der Waals surface area contributed by atoms with Crippen LogP contribution in [0.3, 0.4) is 0 Å². The molecule has 0 aliphatic carbocycles. The van der Waals surface area contributed by atoms with Crippen LogP contribution in [0.4, 0.5) is 0 Å². The number of aliphatic hydroxyl groups is 11. The van der Waals surface area contributed by atoms with Gasteiger partial charge in [-0.15, -0.1) is 0 Å². The highest BCUT2D eigenvalue weighted by atomic mass is 16.8. The molecule has 3 aliphatic heterocycles. The van der Waals surface area contributed by atoms with Crippen molar-refractivity contribution in [3.63, 3.8) is 0 Å². The van der Waals surface area contributed by atoms with Crippen molar-refractivity contribution in [2.75, 3.05) is 26.4 Å². The maximum Gasteiger partial charge on any atom is 0.220 e. The molecule has 0 aromatic carbocycles. The summed E-state index contributed by atoms with van der Waals surface area (Å²) in [5.74, 6) is -0.268. The Labute approximate surface area is 706 Å². The van der Waals surface area contributed by atoms with Crippen LogP contribution in [-0.2, 0) is 33.2 Å². The van der Waals surface area contributed by atoms with Crippen molar-refractivity contribution in [2.24, 2.45) is 0 Å². The van der Waals surface area contributed by atoms with Gasteiger partial charge in [0.25, 0.3) is 0 Å². The van der Waals surface area contributed by atoms with Gasteiger partial charge in [-0.05, 0) is 64.2 Å². The lowest BCUT2D eigenvalue weighted by Crippen LogP contribution is -2.66. The summed E-state index contributed by atoms with van der Waals surface area (Å²) in [4.78, 5) is 13.5. The number of amides is 1. The normalized spacial score (nSPS) is 24.8. The zero-order chi connectivity index (χ0) is 83.8. The van der Waals surface area contributed by atoms with E-state index in [0.717, 1.165) is 77.0 Å². The smallest absolute Gasteiger partial charge is 0.220 e. The molecule has 0 saturated carbocycles. The first-order valence-corrected chi connectivity index (χ1v) is 48.2. The largest absolute Gasteiger partial charge is 0.394 e. The summed E-state index contributed by atoms with van der Waals surface area (Å²) < 4.78 is 34.6. The van der Waals surface area contributed by atoms with Gasteiger partial charge in [0.05, 0.1) is 38.6 Å². The third-order valence-corrected chi connectivity index (χ3v) is 23.8. The highest BCUT2D eigenvalue weighted by Crippen LogP contribution is 2.34. The fourth-order valence-corrected chi connectivity index (χ4v) is 16.2. The number of carbonyl (C=O) groups is 1. The summed E-state index contributed by atoms with van der Waals surface area (Å²) in [6.45, 7) is 1.69. The number of allylic oxidation sites excluding steroid dienone is 11. The van der Waals surface area contributed by atoms with E-state index in [9.17, 15) is 61.0 Å². The van der Waals surface area contributed by atoms with E-state index in [1.165, 1.54) is 302 Å². The van der Waals surface area contributed by atoms with Crippen molar-refractivity contribution in [1.29, 1.82) is 0 Å². The molecule has 3 aliphatic rings. The van der Waals surface area contributed by atoms with Crippen molar-refractivity contribution < 1.29 is 89.4 Å². The zero-order valence-electron chi connectivity index (χ0n) is 73.5. The van der Waals surface area contributed by atoms with Crippen LogP contribution in [-0.4, -0.2) is 193 Å². The number of nitrogens with one attached hydrogen (secondary N) is 1. The molecule has 678 valence electrons. The predicted molar refractivity (Wildman–Crippen MR) is 471 cm³/mol. The van der Waals surface area contributed by atoms with Gasteiger partial charge in [-0.3, -0.25) is 4.79 Å². The van der Waals surface area contributed by atoms with E-state index < -0.39 is 124 Å². The van der Waals surface area contributed by atoms with Gasteiger partial charge < -0.3 is 89.9 Å². The van der Waals surface area contributed by atoms with Gasteiger partial charge in [0.15, 0.2) is 18.9 Å². The monoisotopic (exact) mass is 1640 g/mol. The first kappa shape index (κ1) is 107. The molecule has 19 heteroatoms. The molecule has 3 saturated heterocycles. The molecule has 0 radical (unpaired) electrons. The zero-order valence-corrected chi connectivity index (χ0v) is 73.5. The molecule has 3 heterocycles. The number of hydrogen-bond acceptors (Lipinski definition) is 18. The Kier molecular flexibility index (Phi) is 70.3. The van der Waals surface area contributed by atoms with Crippen molar-refractivity contribution in [3.05, 3.63) is 72.9 Å². The second-order valence-electron chi connectivity index (χ2n) is 34.2. The summed E-state index contributed by atoms with van der Waals surface area (Å²) in [6, 6.07) is -0.976. The lowest BCUT2D eigenvalue weighted by molar-refractivity contribution is -0.379. The molecule has 3 fully saturated rings. The quantitative estimate of drug-likeness (QED) is 0.0199. The summed E-state index contributed by atoms with van der Waals surface area (Å²) in [5.41, 5.74) is 0. The lowest BCUT2D eigenvalue weighted by Gasteiger charge is -2.48. The Bertz CT molecular complexity index is 2370. The van der Waals surface area contributed by atoms with Gasteiger partial charge in [-0.25, -0.2) is 0 Å². The third-order valence-electron chi connectivity index (χ3n) is 23.8. The molecule has 0 aromatic rings. The first-order valence-electron chi connectivity index (χ1n) is 48.2. The topological polar surface area (TPSA) is 307 Å². The molecule has 3 rings (SSSR count). The average molecular weight is 1650 g/mol. The minimum atomic E-state index is -1.98. The Morgan fingerprint density at radius 2 is 0.595 bits per heavy atom. The number of unbranched alkanes of at least 4 members (excludes halogenated alkanes) is 53. The van der Waals surface area contributed by atoms with E-state index in [-0.39, 0.29) is 18.9 Å². The Morgan fingerprint density at radius 1 is 0.319 bits per heavy atom. The number of rotatable bonds is 79. The van der Waals surface area contributed by atoms with Gasteiger partial charge in [0.1, 0.15) is 73.2 Å². The molecule has 116 heavy (non-hydrogen) atoms. The molecule has 0 spiro atoms. The van der Waals surface area contributed by atoms with Crippen LogP contribution in [0.2, 0.25) is 0 Å². The minimum absolute atomic E-state index is 0.246. The van der Waals surface area contributed by atoms with Crippen LogP contribution in [0.25, 0.3) is 0 Å². The first-order chi connectivity index (χ1) is 56.8. The van der Waals surface area contributed by atoms with E-state index >= 15 is 0 Å². The van der Waals surface area contributed by atoms with Crippen molar-refractivity contribution in [2.45, 2.75) is 510 Å². The molecule has 1 amide bonds. The standard InChI is InChI=1S/C97H177NO18/c1-3-5-7-9-11-13-15-17-19-21-23-25-27-29-31-33-35-37-38-39-40-41-42-43-45-47-49-51-53-55-57-59-61-63-65-67-69-71-73-75-85(103)98-80(81(102)74-72-70-68-66-64-62-60-58-56-54-52-50-48-46-44-36-34-32-30-28-26-24-22-20-18-16-14-12-10-8-6-4-2)79-111-95-91(109)88(106)93(83(77-100)113-95)116-97-92(110)89(107)94(84(78-101)114-97)115-96-90(108)87(105)86(104)82(76-99)112-96/h5,7,11,13,17,19,23,25,29,31,72,74,80-84,86-97,99-102,104-110H,3-4,6,8-10,12,14-16,18,20-22,24,26-28,30,32-71,73,75-79H2,1-2H3,(H,98,103)/b7-5-,13-11-,19-17-,25-23-,31-29-,74-72+. The minimum Gasteiger partial charge on any atom is -0.394 e. The third kappa shape index (κ3) is 53.3. The van der Waals surface area contributed by atoms with Crippen LogP contribution in [0.5, 0.6) is 0 Å². The second kappa shape index (κ2) is 75.9. The van der Waals surface area contributed by atoms with Gasteiger partial charge in [0.2, 0.25) is 5.91 Å². The van der Waals surface area contributed by atoms with E-state index in [0.29, 0.717) is 6.42 Å². The van der Waals surface area contributed by atoms with Crippen molar-refractivity contribution in [3.8, 4) is 0 Å². The summed E-state index contributed by atoms with van der Waals surface area (Å²) in [6.07, 6.45) is 76.4. The Balaban J connectivity index is 1.29. The molecule has 12 N–H and O–H groups in total. The van der Waals surface area contributed by atoms with Crippen LogP contribution < -0.4 is 5.32 Å². The number of hydrogen-bond donors (Lipinski definition) is 12. The maximum absolute atomic E-state index is 13.5. The highest BCUT2D eigenvalue weighted by molar-refractivity contribution is 5.76. The summed E-state index contributed by atoms with van der Waals surface area (Å²) >= 11 is 0. The average Bonchev–Trinajstić information content (AvgIpc) is 0.779. The van der Waals surface area contributed by atoms with Crippen LogP contribution >= 0.6 is 0 Å². The lowest BCUT2D eigenvalue weighted by atomic mass is 9.96. The van der Waals surface area contributed by atoms with E-state index in [2.05, 4.69) is 79.9 Å². The van der Waals surface area contributed by atoms with Crippen molar-refractivity contribution in [1.82, 2.24) is 5.32 Å². The molecule has 0 aromatic heterocycles. The van der Waals surface area contributed by atoms with Crippen LogP contribution in [0.15, 0.2) is 72.9 Å². The molecule has 19 nitrogen and oxygen atoms in total. The second-order valence-corrected chi connectivity index (χ2v) is 34.2. The molecule has 17 atom stereocenters. The molecular formula is C97H177NO18.